The molecular weight excluding hydrogens is 240 g/mol. The highest BCUT2D eigenvalue weighted by Crippen LogP contribution is 2.41. The van der Waals surface area contributed by atoms with E-state index in [0.29, 0.717) is 18.1 Å². The van der Waals surface area contributed by atoms with Gasteiger partial charge in [0.05, 0.1) is 17.8 Å². The maximum atomic E-state index is 12.8. The highest BCUT2D eigenvalue weighted by molar-refractivity contribution is 5.89. The summed E-state index contributed by atoms with van der Waals surface area (Å²) in [6.07, 6.45) is 8.11. The van der Waals surface area contributed by atoms with Crippen LogP contribution in [0.4, 0.5) is 0 Å². The molecule has 1 amide bonds. The van der Waals surface area contributed by atoms with Gasteiger partial charge in [0, 0.05) is 12.6 Å². The van der Waals surface area contributed by atoms with Crippen molar-refractivity contribution >= 4 is 5.91 Å². The summed E-state index contributed by atoms with van der Waals surface area (Å²) >= 11 is 0. The van der Waals surface area contributed by atoms with E-state index in [4.69, 9.17) is 4.74 Å². The SMILES string of the molecule is CCOC1CC(N2C(=O)C3(CCCC3)NC2CC)C1. The van der Waals surface area contributed by atoms with E-state index in [-0.39, 0.29) is 11.7 Å². The second-order valence-electron chi connectivity index (χ2n) is 6.27. The predicted octanol–water partition coefficient (Wildman–Crippen LogP) is 2.03. The zero-order chi connectivity index (χ0) is 13.5. The number of carbonyl (C=O) groups is 1. The topological polar surface area (TPSA) is 41.6 Å². The lowest BCUT2D eigenvalue weighted by atomic mass is 9.86. The van der Waals surface area contributed by atoms with Crippen molar-refractivity contribution < 1.29 is 9.53 Å². The van der Waals surface area contributed by atoms with Gasteiger partial charge in [-0.1, -0.05) is 19.8 Å². The summed E-state index contributed by atoms with van der Waals surface area (Å²) in [6.45, 7) is 4.99. The zero-order valence-corrected chi connectivity index (χ0v) is 12.2. The van der Waals surface area contributed by atoms with Gasteiger partial charge >= 0.3 is 0 Å². The van der Waals surface area contributed by atoms with Gasteiger partial charge in [-0.15, -0.1) is 0 Å². The lowest BCUT2D eigenvalue weighted by Crippen LogP contribution is -2.53. The Balaban J connectivity index is 1.68. The Morgan fingerprint density at radius 1 is 1.32 bits per heavy atom. The van der Waals surface area contributed by atoms with Crippen molar-refractivity contribution in [3.63, 3.8) is 0 Å². The highest BCUT2D eigenvalue weighted by Gasteiger charge is 2.55. The van der Waals surface area contributed by atoms with Crippen LogP contribution in [0.25, 0.3) is 0 Å². The first-order valence-corrected chi connectivity index (χ1v) is 7.92. The molecule has 1 atom stereocenters. The smallest absolute Gasteiger partial charge is 0.244 e. The number of ether oxygens (including phenoxy) is 1. The number of amides is 1. The van der Waals surface area contributed by atoms with E-state index >= 15 is 0 Å². The van der Waals surface area contributed by atoms with Crippen molar-refractivity contribution in [3.05, 3.63) is 0 Å². The van der Waals surface area contributed by atoms with Crippen molar-refractivity contribution in [1.82, 2.24) is 10.2 Å². The van der Waals surface area contributed by atoms with Crippen LogP contribution in [0.3, 0.4) is 0 Å². The van der Waals surface area contributed by atoms with E-state index in [0.717, 1.165) is 38.7 Å². The van der Waals surface area contributed by atoms with Crippen LogP contribution in [0, 0.1) is 0 Å². The molecule has 1 saturated heterocycles. The summed E-state index contributed by atoms with van der Waals surface area (Å²) in [4.78, 5) is 15.0. The molecule has 2 saturated carbocycles. The van der Waals surface area contributed by atoms with Gasteiger partial charge in [-0.2, -0.15) is 0 Å². The standard InChI is InChI=1S/C15H26N2O2/c1-3-13-16-15(7-5-6-8-15)14(18)17(13)11-9-12(10-11)19-4-2/h11-13,16H,3-10H2,1-2H3. The van der Waals surface area contributed by atoms with E-state index < -0.39 is 0 Å². The minimum absolute atomic E-state index is 0.211. The third-order valence-electron chi connectivity index (χ3n) is 5.13. The number of nitrogens with zero attached hydrogens (tertiary/aromatic N) is 1. The molecular formula is C15H26N2O2. The fourth-order valence-corrected chi connectivity index (χ4v) is 4.03. The van der Waals surface area contributed by atoms with Gasteiger partial charge in [0.2, 0.25) is 5.91 Å². The van der Waals surface area contributed by atoms with Gasteiger partial charge in [-0.3, -0.25) is 10.1 Å². The molecule has 1 spiro atoms. The Hall–Kier alpha value is -0.610. The molecule has 0 aromatic carbocycles. The van der Waals surface area contributed by atoms with Crippen LogP contribution in [0.15, 0.2) is 0 Å². The molecule has 4 nitrogen and oxygen atoms in total. The average Bonchev–Trinajstić information content (AvgIpc) is 2.93. The molecule has 0 bridgehead atoms. The minimum atomic E-state index is -0.211. The van der Waals surface area contributed by atoms with Gasteiger partial charge in [0.1, 0.15) is 0 Å². The number of hydrogen-bond donors (Lipinski definition) is 1. The molecule has 3 aliphatic rings. The first-order valence-electron chi connectivity index (χ1n) is 7.92. The summed E-state index contributed by atoms with van der Waals surface area (Å²) in [5, 5.41) is 3.65. The van der Waals surface area contributed by atoms with Crippen molar-refractivity contribution in [2.24, 2.45) is 0 Å². The molecule has 4 heteroatoms. The van der Waals surface area contributed by atoms with Gasteiger partial charge in [-0.25, -0.2) is 0 Å². The lowest BCUT2D eigenvalue weighted by Gasteiger charge is -2.43. The molecule has 0 aromatic heterocycles. The van der Waals surface area contributed by atoms with Crippen LogP contribution in [-0.4, -0.2) is 41.3 Å². The van der Waals surface area contributed by atoms with E-state index in [1.807, 2.05) is 6.92 Å². The summed E-state index contributed by atoms with van der Waals surface area (Å²) in [7, 11) is 0. The number of nitrogens with one attached hydrogen (secondary N) is 1. The van der Waals surface area contributed by atoms with Crippen molar-refractivity contribution in [2.75, 3.05) is 6.61 Å². The third kappa shape index (κ3) is 2.09. The zero-order valence-electron chi connectivity index (χ0n) is 12.2. The van der Waals surface area contributed by atoms with E-state index in [1.165, 1.54) is 12.8 Å². The second-order valence-corrected chi connectivity index (χ2v) is 6.27. The Bertz CT molecular complexity index is 346. The van der Waals surface area contributed by atoms with Crippen molar-refractivity contribution in [1.29, 1.82) is 0 Å². The average molecular weight is 266 g/mol. The first kappa shape index (κ1) is 13.4. The van der Waals surface area contributed by atoms with E-state index in [2.05, 4.69) is 17.1 Å². The van der Waals surface area contributed by atoms with E-state index in [9.17, 15) is 4.79 Å². The molecule has 0 radical (unpaired) electrons. The highest BCUT2D eigenvalue weighted by atomic mass is 16.5. The Kier molecular flexibility index (Phi) is 3.56. The van der Waals surface area contributed by atoms with Gasteiger partial charge in [0.15, 0.2) is 0 Å². The van der Waals surface area contributed by atoms with Crippen LogP contribution in [0.2, 0.25) is 0 Å². The van der Waals surface area contributed by atoms with Crippen LogP contribution in [-0.2, 0) is 9.53 Å². The largest absolute Gasteiger partial charge is 0.378 e. The lowest BCUT2D eigenvalue weighted by molar-refractivity contribution is -0.141. The monoisotopic (exact) mass is 266 g/mol. The Morgan fingerprint density at radius 2 is 2.00 bits per heavy atom. The van der Waals surface area contributed by atoms with Gasteiger partial charge in [-0.05, 0) is 39.0 Å². The minimum Gasteiger partial charge on any atom is -0.378 e. The first-order chi connectivity index (χ1) is 9.20. The Morgan fingerprint density at radius 3 is 2.58 bits per heavy atom. The van der Waals surface area contributed by atoms with Crippen LogP contribution < -0.4 is 5.32 Å². The van der Waals surface area contributed by atoms with E-state index in [1.54, 1.807) is 0 Å². The molecule has 3 fully saturated rings. The quantitative estimate of drug-likeness (QED) is 0.846. The van der Waals surface area contributed by atoms with Gasteiger partial charge in [0.25, 0.3) is 0 Å². The fraction of sp³-hybridized carbons (Fsp3) is 0.933. The molecule has 1 N–H and O–H groups in total. The van der Waals surface area contributed by atoms with Crippen LogP contribution in [0.5, 0.6) is 0 Å². The summed E-state index contributed by atoms with van der Waals surface area (Å²) < 4.78 is 5.63. The molecule has 108 valence electrons. The van der Waals surface area contributed by atoms with Crippen LogP contribution >= 0.6 is 0 Å². The number of carbonyl (C=O) groups excluding carboxylic acids is 1. The van der Waals surface area contributed by atoms with Crippen molar-refractivity contribution in [3.8, 4) is 0 Å². The van der Waals surface area contributed by atoms with Crippen LogP contribution in [0.1, 0.15) is 58.8 Å². The molecule has 0 aromatic rings. The molecule has 1 heterocycles. The molecule has 1 unspecified atom stereocenters. The van der Waals surface area contributed by atoms with Gasteiger partial charge < -0.3 is 9.64 Å². The second kappa shape index (κ2) is 5.06. The molecule has 1 aliphatic heterocycles. The summed E-state index contributed by atoms with van der Waals surface area (Å²) in [6, 6.07) is 0.404. The fourth-order valence-electron chi connectivity index (χ4n) is 4.03. The number of rotatable bonds is 4. The predicted molar refractivity (Wildman–Crippen MR) is 73.7 cm³/mol. The normalized spacial score (nSPS) is 37.1. The van der Waals surface area contributed by atoms with Crippen molar-refractivity contribution in [2.45, 2.75) is 82.6 Å². The molecule has 3 rings (SSSR count). The molecule has 19 heavy (non-hydrogen) atoms. The maximum absolute atomic E-state index is 12.8. The maximum Gasteiger partial charge on any atom is 0.244 e. The third-order valence-corrected chi connectivity index (χ3v) is 5.13. The summed E-state index contributed by atoms with van der Waals surface area (Å²) in [5.74, 6) is 0.372. The summed E-state index contributed by atoms with van der Waals surface area (Å²) in [5.41, 5.74) is -0.211. The Labute approximate surface area is 115 Å². The number of hydrogen-bond acceptors (Lipinski definition) is 3. The molecule has 2 aliphatic carbocycles.